The Kier molecular flexibility index (Phi) is 9.12. The molecule has 3 heterocycles. The first-order chi connectivity index (χ1) is 19.3. The second-order valence-electron chi connectivity index (χ2n) is 13.9. The van der Waals surface area contributed by atoms with Gasteiger partial charge in [0.2, 0.25) is 5.60 Å². The standard InChI is InChI=1S/C26H43N3O11SSi2/c1-15-13-29(23(33)28-18(15)30)20-17(38-42(9,10)24(2,3)4)26(22(37-20)39-43(11,12)25(5,6)7)16(14-41(34,35)40-26)27-19(31)21(32)36-8/h13-14,17,20,22H,1-12H3,(H,27,31)(H,28,30,33)/t17?,20-,22?,26?/m1/s1. The number of carbonyl (C=O) groups is 2. The summed E-state index contributed by atoms with van der Waals surface area (Å²) >= 11 is 0. The molecule has 1 amide bonds. The quantitative estimate of drug-likeness (QED) is 0.198. The molecular formula is C26H43N3O11SSi2. The molecule has 1 saturated heterocycles. The van der Waals surface area contributed by atoms with Gasteiger partial charge in [-0.3, -0.25) is 19.1 Å². The number of amides is 1. The van der Waals surface area contributed by atoms with E-state index in [0.29, 0.717) is 5.41 Å². The molecule has 1 aromatic rings. The number of nitrogens with zero attached hydrogens (tertiary/aromatic N) is 1. The number of aryl methyl sites for hydroxylation is 1. The zero-order chi connectivity index (χ0) is 33.1. The van der Waals surface area contributed by atoms with Gasteiger partial charge in [-0.2, -0.15) is 8.42 Å². The fourth-order valence-corrected chi connectivity index (χ4v) is 7.72. The summed E-state index contributed by atoms with van der Waals surface area (Å²) in [5.74, 6) is -2.56. The molecule has 2 aliphatic rings. The molecule has 0 aliphatic carbocycles. The van der Waals surface area contributed by atoms with Gasteiger partial charge >= 0.3 is 17.6 Å². The van der Waals surface area contributed by atoms with Crippen molar-refractivity contribution in [3.8, 4) is 0 Å². The minimum Gasteiger partial charge on any atom is -0.462 e. The van der Waals surface area contributed by atoms with Crippen LogP contribution in [0.3, 0.4) is 0 Å². The van der Waals surface area contributed by atoms with Crippen LogP contribution in [0.2, 0.25) is 36.3 Å². The number of hydrogen-bond acceptors (Lipinski definition) is 11. The third-order valence-corrected chi connectivity index (χ3v) is 18.6. The first kappa shape index (κ1) is 35.1. The van der Waals surface area contributed by atoms with Crippen molar-refractivity contribution in [3.05, 3.63) is 43.7 Å². The Morgan fingerprint density at radius 1 is 1.02 bits per heavy atom. The molecule has 43 heavy (non-hydrogen) atoms. The molecule has 1 fully saturated rings. The third-order valence-electron chi connectivity index (χ3n) is 8.71. The highest BCUT2D eigenvalue weighted by molar-refractivity contribution is 7.90. The predicted octanol–water partition coefficient (Wildman–Crippen LogP) is 2.34. The topological polar surface area (TPSA) is 181 Å². The SMILES string of the molecule is COC(=O)C(=O)NC1=CS(=O)(=O)OC12C(O[Si](C)(C)C(C)(C)C)O[C@@H](n1cc(C)c(=O)[nH]c1=O)C2O[Si](C)(C)C(C)(C)C. The number of aromatic amines is 1. The number of methoxy groups -OCH3 is 1. The maximum atomic E-state index is 13.2. The van der Waals surface area contributed by atoms with Crippen molar-refractivity contribution >= 4 is 38.6 Å². The van der Waals surface area contributed by atoms with Crippen molar-refractivity contribution in [2.75, 3.05) is 7.11 Å². The molecule has 4 atom stereocenters. The number of hydrogen-bond donors (Lipinski definition) is 2. The van der Waals surface area contributed by atoms with Gasteiger partial charge < -0.3 is 23.6 Å². The van der Waals surface area contributed by atoms with Gasteiger partial charge in [0.15, 0.2) is 29.2 Å². The third kappa shape index (κ3) is 6.52. The molecule has 3 unspecified atom stereocenters. The smallest absolute Gasteiger partial charge is 0.396 e. The van der Waals surface area contributed by atoms with Crippen molar-refractivity contribution in [2.24, 2.45) is 0 Å². The van der Waals surface area contributed by atoms with E-state index >= 15 is 0 Å². The number of esters is 1. The van der Waals surface area contributed by atoms with Crippen LogP contribution in [-0.2, 0) is 42.2 Å². The summed E-state index contributed by atoms with van der Waals surface area (Å²) in [7, 11) is -9.21. The van der Waals surface area contributed by atoms with E-state index in [2.05, 4.69) is 15.0 Å². The zero-order valence-corrected chi connectivity index (χ0v) is 29.5. The lowest BCUT2D eigenvalue weighted by Gasteiger charge is -2.45. The van der Waals surface area contributed by atoms with E-state index in [9.17, 15) is 27.6 Å². The normalized spacial score (nSPS) is 26.0. The van der Waals surface area contributed by atoms with Gasteiger partial charge in [-0.25, -0.2) is 13.8 Å². The Morgan fingerprint density at radius 2 is 1.56 bits per heavy atom. The molecular weight excluding hydrogens is 619 g/mol. The molecule has 17 heteroatoms. The van der Waals surface area contributed by atoms with E-state index in [1.165, 1.54) is 13.1 Å². The van der Waals surface area contributed by atoms with Gasteiger partial charge in [0.25, 0.3) is 15.7 Å². The van der Waals surface area contributed by atoms with Crippen LogP contribution >= 0.6 is 0 Å². The van der Waals surface area contributed by atoms with Crippen molar-refractivity contribution in [3.63, 3.8) is 0 Å². The second-order valence-corrected chi connectivity index (χ2v) is 24.8. The van der Waals surface area contributed by atoms with E-state index in [1.807, 2.05) is 67.7 Å². The molecule has 14 nitrogen and oxygen atoms in total. The molecule has 242 valence electrons. The summed E-state index contributed by atoms with van der Waals surface area (Å²) in [4.78, 5) is 52.6. The summed E-state index contributed by atoms with van der Waals surface area (Å²) in [6.45, 7) is 20.8. The van der Waals surface area contributed by atoms with Crippen LogP contribution in [0.25, 0.3) is 0 Å². The molecule has 0 aromatic carbocycles. The molecule has 0 radical (unpaired) electrons. The first-order valence-corrected chi connectivity index (χ1v) is 21.0. The fourth-order valence-electron chi connectivity index (χ4n) is 4.09. The van der Waals surface area contributed by atoms with Gasteiger partial charge in [-0.05, 0) is 43.2 Å². The van der Waals surface area contributed by atoms with Crippen molar-refractivity contribution in [1.29, 1.82) is 0 Å². The van der Waals surface area contributed by atoms with E-state index < -0.39 is 84.2 Å². The van der Waals surface area contributed by atoms with Crippen LogP contribution < -0.4 is 16.6 Å². The first-order valence-electron chi connectivity index (χ1n) is 13.7. The summed E-state index contributed by atoms with van der Waals surface area (Å²) in [6, 6.07) is 0. The second kappa shape index (κ2) is 11.2. The van der Waals surface area contributed by atoms with Crippen LogP contribution in [0, 0.1) is 6.92 Å². The lowest BCUT2D eigenvalue weighted by atomic mass is 9.93. The Balaban J connectivity index is 2.41. The van der Waals surface area contributed by atoms with E-state index in [4.69, 9.17) is 17.8 Å². The molecule has 0 bridgehead atoms. The Bertz CT molecular complexity index is 1550. The number of aromatic nitrogens is 2. The van der Waals surface area contributed by atoms with Crippen molar-refractivity contribution in [1.82, 2.24) is 14.9 Å². The highest BCUT2D eigenvalue weighted by Crippen LogP contribution is 2.54. The van der Waals surface area contributed by atoms with Crippen molar-refractivity contribution < 1.29 is 40.5 Å². The Morgan fingerprint density at radius 3 is 2.07 bits per heavy atom. The Hall–Kier alpha value is -2.42. The van der Waals surface area contributed by atoms with Gasteiger partial charge in [-0.15, -0.1) is 0 Å². The summed E-state index contributed by atoms with van der Waals surface area (Å²) in [5.41, 5.74) is -3.89. The van der Waals surface area contributed by atoms with Crippen molar-refractivity contribution in [2.45, 2.75) is 109 Å². The number of H-pyrrole nitrogens is 1. The molecule has 1 spiro atoms. The molecule has 2 aliphatic heterocycles. The van der Waals surface area contributed by atoms with E-state index in [1.54, 1.807) is 0 Å². The van der Waals surface area contributed by atoms with Gasteiger partial charge in [0.1, 0.15) is 6.10 Å². The Labute approximate surface area is 253 Å². The van der Waals surface area contributed by atoms with Gasteiger partial charge in [0.05, 0.1) is 18.2 Å². The number of rotatable bonds is 6. The summed E-state index contributed by atoms with van der Waals surface area (Å²) < 4.78 is 57.7. The predicted molar refractivity (Wildman–Crippen MR) is 161 cm³/mol. The molecule has 1 aromatic heterocycles. The fraction of sp³-hybridized carbons (Fsp3) is 0.692. The zero-order valence-electron chi connectivity index (χ0n) is 26.7. The molecule has 0 saturated carbocycles. The largest absolute Gasteiger partial charge is 0.462 e. The summed E-state index contributed by atoms with van der Waals surface area (Å²) in [5, 5.41) is 2.15. The summed E-state index contributed by atoms with van der Waals surface area (Å²) in [6.07, 6.45) is -3.13. The minimum absolute atomic E-state index is 0.173. The average Bonchev–Trinajstić information content (AvgIpc) is 3.26. The van der Waals surface area contributed by atoms with Crippen LogP contribution in [0.15, 0.2) is 26.9 Å². The maximum absolute atomic E-state index is 13.2. The molecule has 2 N–H and O–H groups in total. The highest BCUT2D eigenvalue weighted by Gasteiger charge is 2.70. The van der Waals surface area contributed by atoms with Crippen LogP contribution in [0.5, 0.6) is 0 Å². The monoisotopic (exact) mass is 661 g/mol. The van der Waals surface area contributed by atoms with Gasteiger partial charge in [-0.1, -0.05) is 41.5 Å². The lowest BCUT2D eigenvalue weighted by molar-refractivity contribution is -0.155. The highest BCUT2D eigenvalue weighted by atomic mass is 32.2. The number of nitrogens with one attached hydrogen (secondary N) is 2. The van der Waals surface area contributed by atoms with E-state index in [-0.39, 0.29) is 11.3 Å². The maximum Gasteiger partial charge on any atom is 0.396 e. The average molecular weight is 662 g/mol. The lowest BCUT2D eigenvalue weighted by Crippen LogP contribution is -2.61. The van der Waals surface area contributed by atoms with Gasteiger partial charge in [0, 0.05) is 11.8 Å². The van der Waals surface area contributed by atoms with Crippen LogP contribution in [0.4, 0.5) is 0 Å². The van der Waals surface area contributed by atoms with Crippen LogP contribution in [-0.4, -0.2) is 71.6 Å². The number of ether oxygens (including phenoxy) is 2. The van der Waals surface area contributed by atoms with E-state index in [0.717, 1.165) is 11.7 Å². The molecule has 3 rings (SSSR count). The van der Waals surface area contributed by atoms with Crippen LogP contribution in [0.1, 0.15) is 53.3 Å². The number of carbonyl (C=O) groups excluding carboxylic acids is 2. The minimum atomic E-state index is -4.53.